The van der Waals surface area contributed by atoms with Gasteiger partial charge in [0.1, 0.15) is 0 Å². The Hall–Kier alpha value is -2.51. The Bertz CT molecular complexity index is 647. The molecule has 0 saturated carbocycles. The van der Waals surface area contributed by atoms with Gasteiger partial charge in [-0.25, -0.2) is 9.18 Å². The maximum atomic E-state index is 13.4. The van der Waals surface area contributed by atoms with Gasteiger partial charge in [-0.2, -0.15) is 4.39 Å². The van der Waals surface area contributed by atoms with Crippen LogP contribution in [0.25, 0.3) is 5.69 Å². The third-order valence-electron chi connectivity index (χ3n) is 2.12. The molecule has 88 valence electrons. The van der Waals surface area contributed by atoms with Gasteiger partial charge >= 0.3 is 11.4 Å². The van der Waals surface area contributed by atoms with Crippen LogP contribution in [0, 0.1) is 21.7 Å². The molecule has 0 spiro atoms. The Morgan fingerprint density at radius 3 is 2.53 bits per heavy atom. The fourth-order valence-electron chi connectivity index (χ4n) is 1.36. The molecule has 1 N–H and O–H groups in total. The number of imidazole rings is 1. The van der Waals surface area contributed by atoms with Gasteiger partial charge in [-0.15, -0.1) is 0 Å². The lowest BCUT2D eigenvalue weighted by molar-refractivity contribution is -0.387. The summed E-state index contributed by atoms with van der Waals surface area (Å²) >= 11 is 0. The second kappa shape index (κ2) is 3.81. The summed E-state index contributed by atoms with van der Waals surface area (Å²) in [7, 11) is 0. The van der Waals surface area contributed by atoms with Crippen molar-refractivity contribution in [2.24, 2.45) is 0 Å². The second-order valence-corrected chi connectivity index (χ2v) is 3.15. The molecular weight excluding hydrogens is 236 g/mol. The number of halogens is 2. The first-order chi connectivity index (χ1) is 8.00. The summed E-state index contributed by atoms with van der Waals surface area (Å²) in [6.45, 7) is 0. The van der Waals surface area contributed by atoms with Gasteiger partial charge in [-0.1, -0.05) is 0 Å². The summed E-state index contributed by atoms with van der Waals surface area (Å²) in [5.74, 6) is -2.35. The van der Waals surface area contributed by atoms with E-state index in [4.69, 9.17) is 0 Å². The van der Waals surface area contributed by atoms with Crippen molar-refractivity contribution >= 4 is 5.69 Å². The monoisotopic (exact) mass is 241 g/mol. The van der Waals surface area contributed by atoms with Crippen molar-refractivity contribution in [3.05, 3.63) is 56.8 Å². The molecule has 0 unspecified atom stereocenters. The van der Waals surface area contributed by atoms with Crippen LogP contribution in [0.5, 0.6) is 0 Å². The van der Waals surface area contributed by atoms with Gasteiger partial charge in [0.15, 0.2) is 5.82 Å². The summed E-state index contributed by atoms with van der Waals surface area (Å²) in [5, 5.41) is 10.5. The molecule has 0 fully saturated rings. The number of nitrogens with one attached hydrogen (secondary N) is 1. The molecule has 2 rings (SSSR count). The molecule has 2 aromatic rings. The molecule has 1 aromatic heterocycles. The lowest BCUT2D eigenvalue weighted by atomic mass is 10.2. The van der Waals surface area contributed by atoms with E-state index in [0.717, 1.165) is 4.57 Å². The van der Waals surface area contributed by atoms with Crippen molar-refractivity contribution in [3.63, 3.8) is 0 Å². The quantitative estimate of drug-likeness (QED) is 0.636. The average molecular weight is 241 g/mol. The largest absolute Gasteiger partial charge is 0.330 e. The summed E-state index contributed by atoms with van der Waals surface area (Å²) in [6.07, 6.45) is 2.42. The zero-order valence-corrected chi connectivity index (χ0v) is 8.18. The molecule has 0 atom stereocenters. The topological polar surface area (TPSA) is 80.9 Å². The Morgan fingerprint density at radius 1 is 1.29 bits per heavy atom. The average Bonchev–Trinajstić information content (AvgIpc) is 2.64. The number of H-pyrrole nitrogens is 1. The normalized spacial score (nSPS) is 10.5. The molecule has 0 bridgehead atoms. The third kappa shape index (κ3) is 1.80. The number of benzene rings is 1. The highest BCUT2D eigenvalue weighted by molar-refractivity contribution is 5.45. The van der Waals surface area contributed by atoms with E-state index in [1.54, 1.807) is 0 Å². The molecule has 1 aromatic carbocycles. The van der Waals surface area contributed by atoms with Crippen LogP contribution in [0.1, 0.15) is 0 Å². The first kappa shape index (κ1) is 11.0. The number of aromatic amines is 1. The van der Waals surface area contributed by atoms with Gasteiger partial charge in [-0.05, 0) is 0 Å². The molecule has 0 aliphatic carbocycles. The third-order valence-corrected chi connectivity index (χ3v) is 2.12. The van der Waals surface area contributed by atoms with Crippen LogP contribution in [0.4, 0.5) is 14.5 Å². The fourth-order valence-corrected chi connectivity index (χ4v) is 1.36. The molecule has 8 heteroatoms. The highest BCUT2D eigenvalue weighted by atomic mass is 19.1. The van der Waals surface area contributed by atoms with Crippen molar-refractivity contribution in [1.82, 2.24) is 9.55 Å². The number of nitrogens with zero attached hydrogens (tertiary/aromatic N) is 2. The van der Waals surface area contributed by atoms with Crippen LogP contribution in [0.3, 0.4) is 0 Å². The van der Waals surface area contributed by atoms with Crippen LogP contribution in [-0.2, 0) is 0 Å². The van der Waals surface area contributed by atoms with Gasteiger partial charge in [0.2, 0.25) is 5.82 Å². The van der Waals surface area contributed by atoms with E-state index < -0.39 is 27.9 Å². The van der Waals surface area contributed by atoms with E-state index in [0.29, 0.717) is 12.1 Å². The Kier molecular flexibility index (Phi) is 2.47. The maximum Gasteiger partial charge on any atom is 0.330 e. The maximum absolute atomic E-state index is 13.4. The lowest BCUT2D eigenvalue weighted by Crippen LogP contribution is -2.15. The Morgan fingerprint density at radius 2 is 2.00 bits per heavy atom. The van der Waals surface area contributed by atoms with E-state index in [1.807, 2.05) is 0 Å². The number of hydrogen-bond donors (Lipinski definition) is 1. The van der Waals surface area contributed by atoms with E-state index in [2.05, 4.69) is 4.98 Å². The number of aromatic nitrogens is 2. The molecule has 0 aliphatic heterocycles. The molecular formula is C9H5F2N3O3. The molecule has 0 saturated heterocycles. The number of nitro benzene ring substituents is 1. The zero-order chi connectivity index (χ0) is 12.6. The first-order valence-electron chi connectivity index (χ1n) is 4.40. The minimum atomic E-state index is -1.29. The SMILES string of the molecule is O=c1[nH]ccn1-c1cc([N+](=O)[O-])c(F)cc1F. The summed E-state index contributed by atoms with van der Waals surface area (Å²) in [5.41, 5.74) is -1.95. The molecule has 0 amide bonds. The summed E-state index contributed by atoms with van der Waals surface area (Å²) in [4.78, 5) is 22.9. The second-order valence-electron chi connectivity index (χ2n) is 3.15. The molecule has 0 aliphatic rings. The van der Waals surface area contributed by atoms with Crippen molar-refractivity contribution < 1.29 is 13.7 Å². The number of rotatable bonds is 2. The number of nitro groups is 1. The standard InChI is InChI=1S/C9H5F2N3O3/c10-5-3-6(11)8(14(16)17)4-7(5)13-2-1-12-9(13)15/h1-4H,(H,12,15). The van der Waals surface area contributed by atoms with E-state index in [-0.39, 0.29) is 5.69 Å². The van der Waals surface area contributed by atoms with Crippen LogP contribution in [0.15, 0.2) is 29.3 Å². The highest BCUT2D eigenvalue weighted by Gasteiger charge is 2.19. The number of hydrogen-bond acceptors (Lipinski definition) is 3. The Balaban J connectivity index is 2.71. The van der Waals surface area contributed by atoms with E-state index in [9.17, 15) is 23.7 Å². The van der Waals surface area contributed by atoms with Crippen LogP contribution in [0.2, 0.25) is 0 Å². The van der Waals surface area contributed by atoms with Crippen LogP contribution < -0.4 is 5.69 Å². The molecule has 6 nitrogen and oxygen atoms in total. The fraction of sp³-hybridized carbons (Fsp3) is 0. The van der Waals surface area contributed by atoms with E-state index >= 15 is 0 Å². The van der Waals surface area contributed by atoms with Crippen LogP contribution >= 0.6 is 0 Å². The predicted molar refractivity (Wildman–Crippen MR) is 53.0 cm³/mol. The molecule has 0 radical (unpaired) electrons. The van der Waals surface area contributed by atoms with Crippen molar-refractivity contribution in [3.8, 4) is 5.69 Å². The highest BCUT2D eigenvalue weighted by Crippen LogP contribution is 2.23. The zero-order valence-electron chi connectivity index (χ0n) is 8.18. The minimum Gasteiger partial charge on any atom is -0.312 e. The molecule has 17 heavy (non-hydrogen) atoms. The van der Waals surface area contributed by atoms with Crippen molar-refractivity contribution in [2.45, 2.75) is 0 Å². The van der Waals surface area contributed by atoms with E-state index in [1.165, 1.54) is 12.4 Å². The lowest BCUT2D eigenvalue weighted by Gasteiger charge is -2.03. The van der Waals surface area contributed by atoms with Crippen LogP contribution in [-0.4, -0.2) is 14.5 Å². The van der Waals surface area contributed by atoms with Crippen molar-refractivity contribution in [1.29, 1.82) is 0 Å². The van der Waals surface area contributed by atoms with Gasteiger partial charge in [0.25, 0.3) is 0 Å². The van der Waals surface area contributed by atoms with Gasteiger partial charge in [0.05, 0.1) is 10.6 Å². The first-order valence-corrected chi connectivity index (χ1v) is 4.40. The smallest absolute Gasteiger partial charge is 0.312 e. The van der Waals surface area contributed by atoms with Gasteiger partial charge < -0.3 is 4.98 Å². The van der Waals surface area contributed by atoms with Gasteiger partial charge in [0, 0.05) is 24.5 Å². The predicted octanol–water partition coefficient (Wildman–Crippen LogP) is 1.35. The minimum absolute atomic E-state index is 0.368. The summed E-state index contributed by atoms with van der Waals surface area (Å²) in [6, 6.07) is 1.03. The van der Waals surface area contributed by atoms with Gasteiger partial charge in [-0.3, -0.25) is 14.7 Å². The molecule has 1 heterocycles. The van der Waals surface area contributed by atoms with Crippen molar-refractivity contribution in [2.75, 3.05) is 0 Å². The Labute approximate surface area is 92.3 Å². The summed E-state index contributed by atoms with van der Waals surface area (Å²) < 4.78 is 27.3.